The van der Waals surface area contributed by atoms with Gasteiger partial charge in [0.15, 0.2) is 4.80 Å². The molecule has 1 amide bonds. The van der Waals surface area contributed by atoms with Crippen LogP contribution in [0.15, 0.2) is 23.2 Å². The van der Waals surface area contributed by atoms with Gasteiger partial charge >= 0.3 is 5.97 Å². The van der Waals surface area contributed by atoms with Gasteiger partial charge in [0, 0.05) is 20.1 Å². The molecule has 1 heterocycles. The van der Waals surface area contributed by atoms with Crippen molar-refractivity contribution in [3.8, 4) is 0 Å². The number of benzene rings is 1. The highest BCUT2D eigenvalue weighted by molar-refractivity contribution is 7.16. The average Bonchev–Trinajstić information content (AvgIpc) is 2.82. The average molecular weight is 322 g/mol. The molecular weight excluding hydrogens is 304 g/mol. The Bertz CT molecular complexity index is 760. The molecule has 0 atom stereocenters. The highest BCUT2D eigenvalue weighted by Crippen LogP contribution is 2.20. The monoisotopic (exact) mass is 322 g/mol. The highest BCUT2D eigenvalue weighted by atomic mass is 32.1. The number of hydrogen-bond acceptors (Lipinski definition) is 5. The summed E-state index contributed by atoms with van der Waals surface area (Å²) in [5, 5.41) is 0. The Hall–Kier alpha value is -1.99. The fourth-order valence-electron chi connectivity index (χ4n) is 2.05. The van der Waals surface area contributed by atoms with Crippen molar-refractivity contribution in [3.05, 3.63) is 28.6 Å². The second kappa shape index (κ2) is 7.33. The lowest BCUT2D eigenvalue weighted by Gasteiger charge is -2.05. The van der Waals surface area contributed by atoms with E-state index in [0.29, 0.717) is 30.1 Å². The summed E-state index contributed by atoms with van der Waals surface area (Å²) in [6.45, 7) is 5.11. The molecule has 0 N–H and O–H groups in total. The number of esters is 1. The van der Waals surface area contributed by atoms with Gasteiger partial charge in [-0.05, 0) is 25.1 Å². The van der Waals surface area contributed by atoms with E-state index < -0.39 is 0 Å². The summed E-state index contributed by atoms with van der Waals surface area (Å²) in [6, 6.07) is 5.29. The predicted molar refractivity (Wildman–Crippen MR) is 83.9 cm³/mol. The van der Waals surface area contributed by atoms with Crippen molar-refractivity contribution in [3.63, 3.8) is 0 Å². The van der Waals surface area contributed by atoms with Crippen LogP contribution in [0.25, 0.3) is 10.2 Å². The van der Waals surface area contributed by atoms with Gasteiger partial charge in [0.05, 0.1) is 29.5 Å². The maximum atomic E-state index is 11.6. The van der Waals surface area contributed by atoms with E-state index >= 15 is 0 Å². The first-order valence-electron chi connectivity index (χ1n) is 6.91. The van der Waals surface area contributed by atoms with Crippen LogP contribution in [0.2, 0.25) is 0 Å². The lowest BCUT2D eigenvalue weighted by atomic mass is 10.2. The maximum Gasteiger partial charge on any atom is 0.337 e. The molecule has 0 aliphatic rings. The van der Waals surface area contributed by atoms with Gasteiger partial charge < -0.3 is 14.0 Å². The Kier molecular flexibility index (Phi) is 5.46. The van der Waals surface area contributed by atoms with Crippen LogP contribution in [0.5, 0.6) is 0 Å². The van der Waals surface area contributed by atoms with E-state index in [-0.39, 0.29) is 11.9 Å². The Morgan fingerprint density at radius 3 is 2.77 bits per heavy atom. The third-order valence-electron chi connectivity index (χ3n) is 3.02. The topological polar surface area (TPSA) is 69.9 Å². The third kappa shape index (κ3) is 3.61. The molecule has 22 heavy (non-hydrogen) atoms. The van der Waals surface area contributed by atoms with Gasteiger partial charge in [-0.1, -0.05) is 11.3 Å². The van der Waals surface area contributed by atoms with Gasteiger partial charge in [0.2, 0.25) is 5.91 Å². The quantitative estimate of drug-likeness (QED) is 0.623. The van der Waals surface area contributed by atoms with E-state index in [9.17, 15) is 9.59 Å². The van der Waals surface area contributed by atoms with Gasteiger partial charge in [0.25, 0.3) is 0 Å². The number of carbonyl (C=O) groups excluding carboxylic acids is 2. The first kappa shape index (κ1) is 16.4. The van der Waals surface area contributed by atoms with Crippen LogP contribution in [0.4, 0.5) is 0 Å². The fourth-order valence-corrected chi connectivity index (χ4v) is 3.19. The Morgan fingerprint density at radius 1 is 1.36 bits per heavy atom. The summed E-state index contributed by atoms with van der Waals surface area (Å²) in [4.78, 5) is 27.6. The molecule has 0 spiro atoms. The zero-order valence-electron chi connectivity index (χ0n) is 12.8. The Morgan fingerprint density at radius 2 is 2.14 bits per heavy atom. The van der Waals surface area contributed by atoms with Crippen LogP contribution < -0.4 is 4.80 Å². The number of aromatic nitrogens is 1. The molecule has 0 unspecified atom stereocenters. The van der Waals surface area contributed by atoms with Crippen molar-refractivity contribution in [2.45, 2.75) is 20.4 Å². The number of amides is 1. The summed E-state index contributed by atoms with van der Waals surface area (Å²) >= 11 is 1.36. The minimum atomic E-state index is -0.388. The van der Waals surface area contributed by atoms with Crippen molar-refractivity contribution >= 4 is 33.4 Å². The van der Waals surface area contributed by atoms with E-state index in [1.54, 1.807) is 12.1 Å². The summed E-state index contributed by atoms with van der Waals surface area (Å²) < 4.78 is 12.9. The lowest BCUT2D eigenvalue weighted by molar-refractivity contribution is -0.116. The van der Waals surface area contributed by atoms with Crippen LogP contribution in [0.3, 0.4) is 0 Å². The molecule has 0 bridgehead atoms. The van der Waals surface area contributed by atoms with E-state index in [1.165, 1.54) is 25.4 Å². The first-order valence-corrected chi connectivity index (χ1v) is 7.73. The summed E-state index contributed by atoms with van der Waals surface area (Å²) in [7, 11) is 1.35. The van der Waals surface area contributed by atoms with E-state index in [1.807, 2.05) is 17.6 Å². The zero-order chi connectivity index (χ0) is 16.1. The van der Waals surface area contributed by atoms with Gasteiger partial charge in [-0.2, -0.15) is 4.99 Å². The molecular formula is C15H18N2O4S. The molecule has 0 radical (unpaired) electrons. The van der Waals surface area contributed by atoms with Crippen LogP contribution >= 0.6 is 11.3 Å². The number of methoxy groups -OCH3 is 1. The highest BCUT2D eigenvalue weighted by Gasteiger charge is 2.11. The molecule has 0 fully saturated rings. The van der Waals surface area contributed by atoms with Gasteiger partial charge in [-0.15, -0.1) is 0 Å². The number of carbonyl (C=O) groups is 2. The van der Waals surface area contributed by atoms with Crippen LogP contribution in [0.1, 0.15) is 24.2 Å². The molecule has 0 aliphatic heterocycles. The van der Waals surface area contributed by atoms with Crippen molar-refractivity contribution in [2.75, 3.05) is 20.3 Å². The number of nitrogens with zero attached hydrogens (tertiary/aromatic N) is 2. The number of thiazole rings is 1. The molecule has 1 aromatic carbocycles. The minimum absolute atomic E-state index is 0.259. The second-order valence-electron chi connectivity index (χ2n) is 4.54. The van der Waals surface area contributed by atoms with E-state index in [0.717, 1.165) is 10.2 Å². The molecule has 7 heteroatoms. The van der Waals surface area contributed by atoms with Crippen LogP contribution in [-0.2, 0) is 20.8 Å². The van der Waals surface area contributed by atoms with Gasteiger partial charge in [-0.3, -0.25) is 4.79 Å². The number of rotatable bonds is 5. The molecule has 118 valence electrons. The molecule has 0 saturated carbocycles. The number of ether oxygens (including phenoxy) is 2. The maximum absolute atomic E-state index is 11.6. The second-order valence-corrected chi connectivity index (χ2v) is 5.55. The standard InChI is InChI=1S/C15H18N2O4S/c1-4-21-8-7-17-12-6-5-11(14(19)20-3)9-13(12)22-15(17)16-10(2)18/h5-6,9H,4,7-8H2,1-3H3. The van der Waals surface area contributed by atoms with E-state index in [4.69, 9.17) is 9.47 Å². The molecule has 0 saturated heterocycles. The summed E-state index contributed by atoms with van der Waals surface area (Å²) in [5.74, 6) is -0.647. The Balaban J connectivity index is 2.53. The smallest absolute Gasteiger partial charge is 0.337 e. The SMILES string of the molecule is CCOCCn1c(=NC(C)=O)sc2cc(C(=O)OC)ccc21. The Labute approximate surface area is 132 Å². The van der Waals surface area contributed by atoms with Crippen molar-refractivity contribution < 1.29 is 19.1 Å². The zero-order valence-corrected chi connectivity index (χ0v) is 13.6. The van der Waals surface area contributed by atoms with Crippen LogP contribution in [-0.4, -0.2) is 36.8 Å². The molecule has 2 aromatic rings. The van der Waals surface area contributed by atoms with Crippen molar-refractivity contribution in [1.82, 2.24) is 4.57 Å². The minimum Gasteiger partial charge on any atom is -0.465 e. The number of hydrogen-bond donors (Lipinski definition) is 0. The predicted octanol–water partition coefficient (Wildman–Crippen LogP) is 1.97. The summed E-state index contributed by atoms with van der Waals surface area (Å²) in [6.07, 6.45) is 0. The molecule has 1 aromatic heterocycles. The fraction of sp³-hybridized carbons (Fsp3) is 0.400. The van der Waals surface area contributed by atoms with Crippen molar-refractivity contribution in [2.24, 2.45) is 4.99 Å². The first-order chi connectivity index (χ1) is 10.6. The molecule has 0 aliphatic carbocycles. The van der Waals surface area contributed by atoms with Gasteiger partial charge in [0.1, 0.15) is 0 Å². The van der Waals surface area contributed by atoms with Crippen LogP contribution in [0, 0.1) is 0 Å². The van der Waals surface area contributed by atoms with Crippen molar-refractivity contribution in [1.29, 1.82) is 0 Å². The molecule has 6 nitrogen and oxygen atoms in total. The molecule has 2 rings (SSSR count). The van der Waals surface area contributed by atoms with Gasteiger partial charge in [-0.25, -0.2) is 4.79 Å². The largest absolute Gasteiger partial charge is 0.465 e. The normalized spacial score (nSPS) is 11.9. The number of fused-ring (bicyclic) bond motifs is 1. The third-order valence-corrected chi connectivity index (χ3v) is 4.06. The van der Waals surface area contributed by atoms with E-state index in [2.05, 4.69) is 4.99 Å². The summed E-state index contributed by atoms with van der Waals surface area (Å²) in [5.41, 5.74) is 1.39. The lowest BCUT2D eigenvalue weighted by Crippen LogP contribution is -2.19.